The highest BCUT2D eigenvalue weighted by molar-refractivity contribution is 7.17. The van der Waals surface area contributed by atoms with Crippen LogP contribution in [0.2, 0.25) is 0 Å². The molecule has 0 fully saturated rings. The molecule has 0 spiro atoms. The highest BCUT2D eigenvalue weighted by atomic mass is 32.1. The molecule has 0 bridgehead atoms. The first-order chi connectivity index (χ1) is 13.4. The van der Waals surface area contributed by atoms with Gasteiger partial charge in [-0.25, -0.2) is 13.8 Å². The number of hydrogen-bond donors (Lipinski definition) is 0. The summed E-state index contributed by atoms with van der Waals surface area (Å²) in [5, 5.41) is 1.81. The first-order valence-electron chi connectivity index (χ1n) is 8.92. The van der Waals surface area contributed by atoms with Gasteiger partial charge in [-0.15, -0.1) is 11.3 Å². The van der Waals surface area contributed by atoms with Crippen LogP contribution < -0.4 is 11.2 Å². The fraction of sp³-hybridized carbons (Fsp3) is 0.182. The van der Waals surface area contributed by atoms with Crippen molar-refractivity contribution in [2.45, 2.75) is 27.3 Å². The summed E-state index contributed by atoms with van der Waals surface area (Å²) < 4.78 is 16.6. The van der Waals surface area contributed by atoms with E-state index < -0.39 is 11.5 Å². The van der Waals surface area contributed by atoms with Gasteiger partial charge in [-0.2, -0.15) is 0 Å². The Labute approximate surface area is 165 Å². The van der Waals surface area contributed by atoms with Crippen LogP contribution in [0.3, 0.4) is 0 Å². The molecule has 0 saturated carbocycles. The van der Waals surface area contributed by atoms with E-state index in [2.05, 4.69) is 12.1 Å². The number of halogens is 1. The molecule has 0 N–H and O–H groups in total. The maximum atomic E-state index is 13.3. The Bertz CT molecular complexity index is 1290. The standard InChI is InChI=1S/C22H19FN2O2S/c1-13-10-14(2)18(15(3)11-13)12-24-19-8-9-28-20(19)21(26)25(22(24)27)17-6-4-16(23)5-7-17/h4-11H,12H2,1-3H3. The molecule has 0 aliphatic rings. The lowest BCUT2D eigenvalue weighted by molar-refractivity contribution is 0.626. The third kappa shape index (κ3) is 2.99. The molecule has 0 atom stereocenters. The van der Waals surface area contributed by atoms with E-state index in [1.165, 1.54) is 41.2 Å². The number of nitrogens with zero attached hydrogens (tertiary/aromatic N) is 2. The minimum Gasteiger partial charge on any atom is -0.288 e. The van der Waals surface area contributed by atoms with Crippen molar-refractivity contribution in [3.8, 4) is 5.69 Å². The number of thiophene rings is 1. The van der Waals surface area contributed by atoms with Gasteiger partial charge in [0.15, 0.2) is 0 Å². The summed E-state index contributed by atoms with van der Waals surface area (Å²) in [5.41, 5.74) is 4.61. The summed E-state index contributed by atoms with van der Waals surface area (Å²) in [7, 11) is 0. The number of fused-ring (bicyclic) bond motifs is 1. The van der Waals surface area contributed by atoms with Gasteiger partial charge in [-0.1, -0.05) is 17.7 Å². The van der Waals surface area contributed by atoms with E-state index in [-0.39, 0.29) is 5.56 Å². The molecule has 6 heteroatoms. The topological polar surface area (TPSA) is 44.0 Å². The van der Waals surface area contributed by atoms with Gasteiger partial charge in [0.05, 0.1) is 17.7 Å². The van der Waals surface area contributed by atoms with Crippen LogP contribution in [-0.4, -0.2) is 9.13 Å². The molecule has 4 aromatic rings. The first kappa shape index (κ1) is 18.4. The Hall–Kier alpha value is -2.99. The average molecular weight is 394 g/mol. The van der Waals surface area contributed by atoms with Crippen LogP contribution in [0.15, 0.2) is 57.4 Å². The Morgan fingerprint density at radius 1 is 0.964 bits per heavy atom. The van der Waals surface area contributed by atoms with E-state index in [1.54, 1.807) is 10.6 Å². The normalized spacial score (nSPS) is 11.3. The number of rotatable bonds is 3. The minimum absolute atomic E-state index is 0.359. The molecule has 0 unspecified atom stereocenters. The van der Waals surface area contributed by atoms with Crippen LogP contribution in [0.4, 0.5) is 4.39 Å². The number of aryl methyl sites for hydroxylation is 3. The van der Waals surface area contributed by atoms with Crippen molar-refractivity contribution in [1.82, 2.24) is 9.13 Å². The molecule has 4 nitrogen and oxygen atoms in total. The Balaban J connectivity index is 2.00. The largest absolute Gasteiger partial charge is 0.336 e. The average Bonchev–Trinajstić information content (AvgIpc) is 3.12. The quantitative estimate of drug-likeness (QED) is 0.519. The maximum absolute atomic E-state index is 13.3. The molecule has 0 aliphatic carbocycles. The van der Waals surface area contributed by atoms with Crippen LogP contribution in [0.25, 0.3) is 15.9 Å². The first-order valence-corrected chi connectivity index (χ1v) is 9.80. The van der Waals surface area contributed by atoms with E-state index in [0.29, 0.717) is 22.4 Å². The van der Waals surface area contributed by atoms with Crippen molar-refractivity contribution >= 4 is 21.6 Å². The summed E-state index contributed by atoms with van der Waals surface area (Å²) in [6.07, 6.45) is 0. The lowest BCUT2D eigenvalue weighted by Gasteiger charge is -2.16. The second-order valence-corrected chi connectivity index (χ2v) is 7.91. The van der Waals surface area contributed by atoms with E-state index in [1.807, 2.05) is 26.2 Å². The third-order valence-corrected chi connectivity index (χ3v) is 5.89. The lowest BCUT2D eigenvalue weighted by atomic mass is 10.00. The van der Waals surface area contributed by atoms with Crippen molar-refractivity contribution in [3.05, 3.63) is 96.8 Å². The summed E-state index contributed by atoms with van der Waals surface area (Å²) in [4.78, 5) is 26.3. The van der Waals surface area contributed by atoms with Crippen molar-refractivity contribution in [2.75, 3.05) is 0 Å². The number of benzene rings is 2. The molecule has 0 aliphatic heterocycles. The molecule has 142 valence electrons. The Morgan fingerprint density at radius 2 is 1.61 bits per heavy atom. The summed E-state index contributed by atoms with van der Waals surface area (Å²) in [5.74, 6) is -0.416. The van der Waals surface area contributed by atoms with Gasteiger partial charge in [0.1, 0.15) is 10.5 Å². The van der Waals surface area contributed by atoms with E-state index in [0.717, 1.165) is 21.3 Å². The zero-order chi connectivity index (χ0) is 20.0. The monoisotopic (exact) mass is 394 g/mol. The van der Waals surface area contributed by atoms with Gasteiger partial charge < -0.3 is 0 Å². The maximum Gasteiger partial charge on any atom is 0.336 e. The SMILES string of the molecule is Cc1cc(C)c(Cn2c(=O)n(-c3ccc(F)cc3)c(=O)c3sccc32)c(C)c1. The third-order valence-electron chi connectivity index (χ3n) is 5.00. The van der Waals surface area contributed by atoms with E-state index in [4.69, 9.17) is 0 Å². The zero-order valence-electron chi connectivity index (χ0n) is 15.8. The second kappa shape index (κ2) is 6.87. The molecular formula is C22H19FN2O2S. The molecular weight excluding hydrogens is 375 g/mol. The predicted molar refractivity (Wildman–Crippen MR) is 111 cm³/mol. The van der Waals surface area contributed by atoms with Crippen molar-refractivity contribution < 1.29 is 4.39 Å². The molecule has 28 heavy (non-hydrogen) atoms. The fourth-order valence-corrected chi connectivity index (χ4v) is 4.50. The van der Waals surface area contributed by atoms with E-state index in [9.17, 15) is 14.0 Å². The number of aromatic nitrogens is 2. The molecule has 2 aromatic carbocycles. The molecule has 0 saturated heterocycles. The Morgan fingerprint density at radius 3 is 2.25 bits per heavy atom. The fourth-order valence-electron chi connectivity index (χ4n) is 3.68. The van der Waals surface area contributed by atoms with Gasteiger partial charge in [-0.05, 0) is 73.2 Å². The molecule has 4 rings (SSSR count). The minimum atomic E-state index is -0.429. The highest BCUT2D eigenvalue weighted by Gasteiger charge is 2.17. The second-order valence-electron chi connectivity index (χ2n) is 7.00. The molecule has 0 amide bonds. The lowest BCUT2D eigenvalue weighted by Crippen LogP contribution is -2.38. The van der Waals surface area contributed by atoms with Gasteiger partial charge in [0.2, 0.25) is 0 Å². The van der Waals surface area contributed by atoms with Crippen molar-refractivity contribution in [3.63, 3.8) is 0 Å². The van der Waals surface area contributed by atoms with Gasteiger partial charge in [-0.3, -0.25) is 9.36 Å². The van der Waals surface area contributed by atoms with Gasteiger partial charge in [0.25, 0.3) is 5.56 Å². The summed E-state index contributed by atoms with van der Waals surface area (Å²) in [6.45, 7) is 6.47. The summed E-state index contributed by atoms with van der Waals surface area (Å²) >= 11 is 1.30. The van der Waals surface area contributed by atoms with Gasteiger partial charge in [0, 0.05) is 0 Å². The summed E-state index contributed by atoms with van der Waals surface area (Å²) in [6, 6.07) is 11.4. The van der Waals surface area contributed by atoms with Crippen LogP contribution in [-0.2, 0) is 6.54 Å². The van der Waals surface area contributed by atoms with Crippen LogP contribution in [0.5, 0.6) is 0 Å². The van der Waals surface area contributed by atoms with Crippen LogP contribution >= 0.6 is 11.3 Å². The molecule has 2 aromatic heterocycles. The van der Waals surface area contributed by atoms with E-state index >= 15 is 0 Å². The van der Waals surface area contributed by atoms with Crippen LogP contribution in [0.1, 0.15) is 22.3 Å². The van der Waals surface area contributed by atoms with Gasteiger partial charge >= 0.3 is 5.69 Å². The highest BCUT2D eigenvalue weighted by Crippen LogP contribution is 2.21. The molecule has 2 heterocycles. The predicted octanol–water partition coefficient (Wildman–Crippen LogP) is 4.33. The smallest absolute Gasteiger partial charge is 0.288 e. The molecule has 0 radical (unpaired) electrons. The zero-order valence-corrected chi connectivity index (χ0v) is 16.6. The number of hydrogen-bond acceptors (Lipinski definition) is 3. The van der Waals surface area contributed by atoms with Crippen molar-refractivity contribution in [1.29, 1.82) is 0 Å². The Kier molecular flexibility index (Phi) is 4.51. The van der Waals surface area contributed by atoms with Crippen molar-refractivity contribution in [2.24, 2.45) is 0 Å². The van der Waals surface area contributed by atoms with Crippen LogP contribution in [0, 0.1) is 26.6 Å².